The van der Waals surface area contributed by atoms with E-state index in [0.29, 0.717) is 6.04 Å². The Labute approximate surface area is 114 Å². The van der Waals surface area contributed by atoms with E-state index >= 15 is 0 Å². The number of hydrogen-bond donors (Lipinski definition) is 0. The largest absolute Gasteiger partial charge is 0.310 e. The number of likely N-dealkylation sites (tertiary alicyclic amines) is 1. The zero-order valence-corrected chi connectivity index (χ0v) is 12.0. The molecular formula is C15H22N4. The van der Waals surface area contributed by atoms with Gasteiger partial charge in [0.1, 0.15) is 11.3 Å². The molecule has 2 aromatic heterocycles. The van der Waals surface area contributed by atoms with Crippen LogP contribution in [0.5, 0.6) is 0 Å². The standard InChI is InChI=1S/C15H22N4/c1-11(2)19-14(9-12-6-8-18(3)10-12)17-13-5-4-7-16-15(13)19/h4-5,7,11-12H,6,8-10H2,1-3H3. The van der Waals surface area contributed by atoms with Crippen molar-refractivity contribution in [3.05, 3.63) is 24.2 Å². The molecular weight excluding hydrogens is 236 g/mol. The molecule has 1 fully saturated rings. The summed E-state index contributed by atoms with van der Waals surface area (Å²) in [4.78, 5) is 11.7. The molecule has 1 aliphatic heterocycles. The summed E-state index contributed by atoms with van der Waals surface area (Å²) in [7, 11) is 2.20. The number of hydrogen-bond acceptors (Lipinski definition) is 3. The molecule has 1 saturated heterocycles. The summed E-state index contributed by atoms with van der Waals surface area (Å²) in [5.41, 5.74) is 2.05. The molecule has 3 heterocycles. The third kappa shape index (κ3) is 2.37. The molecule has 4 nitrogen and oxygen atoms in total. The van der Waals surface area contributed by atoms with Crippen molar-refractivity contribution in [3.63, 3.8) is 0 Å². The van der Waals surface area contributed by atoms with Crippen molar-refractivity contribution in [2.45, 2.75) is 32.7 Å². The van der Waals surface area contributed by atoms with Crippen molar-refractivity contribution in [1.29, 1.82) is 0 Å². The first-order chi connectivity index (χ1) is 9.15. The fourth-order valence-electron chi connectivity index (χ4n) is 3.11. The minimum absolute atomic E-state index is 0.411. The zero-order valence-electron chi connectivity index (χ0n) is 12.0. The highest BCUT2D eigenvalue weighted by Crippen LogP contribution is 2.24. The molecule has 102 valence electrons. The van der Waals surface area contributed by atoms with Gasteiger partial charge in [-0.15, -0.1) is 0 Å². The topological polar surface area (TPSA) is 34.0 Å². The fraction of sp³-hybridized carbons (Fsp3) is 0.600. The van der Waals surface area contributed by atoms with Gasteiger partial charge in [0.15, 0.2) is 5.65 Å². The molecule has 0 bridgehead atoms. The van der Waals surface area contributed by atoms with Crippen molar-refractivity contribution < 1.29 is 0 Å². The van der Waals surface area contributed by atoms with E-state index < -0.39 is 0 Å². The molecule has 0 N–H and O–H groups in total. The number of nitrogens with zero attached hydrogens (tertiary/aromatic N) is 4. The summed E-state index contributed by atoms with van der Waals surface area (Å²) in [5, 5.41) is 0. The number of imidazole rings is 1. The second-order valence-corrected chi connectivity index (χ2v) is 5.96. The van der Waals surface area contributed by atoms with E-state index in [9.17, 15) is 0 Å². The lowest BCUT2D eigenvalue weighted by Gasteiger charge is -2.15. The molecule has 2 aromatic rings. The maximum Gasteiger partial charge on any atom is 0.160 e. The Morgan fingerprint density at radius 1 is 1.42 bits per heavy atom. The average Bonchev–Trinajstić information content (AvgIpc) is 2.92. The van der Waals surface area contributed by atoms with Gasteiger partial charge in [-0.2, -0.15) is 0 Å². The molecule has 0 radical (unpaired) electrons. The van der Waals surface area contributed by atoms with Crippen LogP contribution in [0, 0.1) is 5.92 Å². The van der Waals surface area contributed by atoms with Gasteiger partial charge in [-0.05, 0) is 51.9 Å². The second-order valence-electron chi connectivity index (χ2n) is 5.96. The van der Waals surface area contributed by atoms with Crippen LogP contribution in [0.15, 0.2) is 18.3 Å². The van der Waals surface area contributed by atoms with Crippen molar-refractivity contribution in [2.75, 3.05) is 20.1 Å². The maximum atomic E-state index is 4.80. The van der Waals surface area contributed by atoms with Crippen LogP contribution >= 0.6 is 0 Å². The first-order valence-corrected chi connectivity index (χ1v) is 7.15. The first-order valence-electron chi connectivity index (χ1n) is 7.15. The number of fused-ring (bicyclic) bond motifs is 1. The Kier molecular flexibility index (Phi) is 3.27. The number of aromatic nitrogens is 3. The van der Waals surface area contributed by atoms with E-state index in [1.54, 1.807) is 0 Å². The van der Waals surface area contributed by atoms with E-state index in [2.05, 4.69) is 41.4 Å². The van der Waals surface area contributed by atoms with E-state index in [1.807, 2.05) is 12.3 Å². The summed E-state index contributed by atoms with van der Waals surface area (Å²) in [5.74, 6) is 1.93. The Morgan fingerprint density at radius 3 is 2.95 bits per heavy atom. The third-order valence-electron chi connectivity index (χ3n) is 4.00. The van der Waals surface area contributed by atoms with Crippen molar-refractivity contribution in [2.24, 2.45) is 5.92 Å². The molecule has 1 unspecified atom stereocenters. The summed E-state index contributed by atoms with van der Waals surface area (Å²) in [6, 6.07) is 4.44. The SMILES string of the molecule is CC(C)n1c(CC2CCN(C)C2)nc2cccnc21. The molecule has 1 atom stereocenters. The van der Waals surface area contributed by atoms with Crippen LogP contribution in [-0.4, -0.2) is 39.6 Å². The van der Waals surface area contributed by atoms with Crippen molar-refractivity contribution in [3.8, 4) is 0 Å². The van der Waals surface area contributed by atoms with Gasteiger partial charge in [-0.1, -0.05) is 0 Å². The number of rotatable bonds is 3. The smallest absolute Gasteiger partial charge is 0.160 e. The van der Waals surface area contributed by atoms with Crippen LogP contribution in [0.3, 0.4) is 0 Å². The third-order valence-corrected chi connectivity index (χ3v) is 4.00. The molecule has 4 heteroatoms. The summed E-state index contributed by atoms with van der Waals surface area (Å²) in [6.07, 6.45) is 4.21. The predicted molar refractivity (Wildman–Crippen MR) is 77.2 cm³/mol. The van der Waals surface area contributed by atoms with Crippen LogP contribution in [-0.2, 0) is 6.42 Å². The molecule has 0 aliphatic carbocycles. The van der Waals surface area contributed by atoms with Gasteiger partial charge in [0, 0.05) is 25.2 Å². The van der Waals surface area contributed by atoms with Gasteiger partial charge in [0.25, 0.3) is 0 Å². The highest BCUT2D eigenvalue weighted by atomic mass is 15.2. The van der Waals surface area contributed by atoms with E-state index in [1.165, 1.54) is 25.3 Å². The van der Waals surface area contributed by atoms with Crippen LogP contribution in [0.1, 0.15) is 32.1 Å². The average molecular weight is 258 g/mol. The monoisotopic (exact) mass is 258 g/mol. The normalized spacial score (nSPS) is 20.7. The Morgan fingerprint density at radius 2 is 2.26 bits per heavy atom. The zero-order chi connectivity index (χ0) is 13.4. The van der Waals surface area contributed by atoms with Crippen LogP contribution in [0.2, 0.25) is 0 Å². The maximum absolute atomic E-state index is 4.80. The minimum atomic E-state index is 0.411. The highest BCUT2D eigenvalue weighted by Gasteiger charge is 2.23. The Hall–Kier alpha value is -1.42. The predicted octanol–water partition coefficient (Wildman–Crippen LogP) is 2.51. The molecule has 0 aromatic carbocycles. The van der Waals surface area contributed by atoms with E-state index in [4.69, 9.17) is 4.98 Å². The van der Waals surface area contributed by atoms with E-state index in [0.717, 1.165) is 23.5 Å². The van der Waals surface area contributed by atoms with Gasteiger partial charge >= 0.3 is 0 Å². The summed E-state index contributed by atoms with van der Waals surface area (Å²) < 4.78 is 2.30. The van der Waals surface area contributed by atoms with Gasteiger partial charge in [-0.3, -0.25) is 0 Å². The summed E-state index contributed by atoms with van der Waals surface area (Å²) in [6.45, 7) is 6.82. The molecule has 1 aliphatic rings. The number of pyridine rings is 1. The van der Waals surface area contributed by atoms with Crippen LogP contribution in [0.4, 0.5) is 0 Å². The van der Waals surface area contributed by atoms with Crippen LogP contribution < -0.4 is 0 Å². The molecule has 0 spiro atoms. The Bertz CT molecular complexity index is 573. The first kappa shape index (κ1) is 12.6. The van der Waals surface area contributed by atoms with Crippen LogP contribution in [0.25, 0.3) is 11.2 Å². The van der Waals surface area contributed by atoms with Crippen molar-refractivity contribution in [1.82, 2.24) is 19.4 Å². The van der Waals surface area contributed by atoms with Gasteiger partial charge in [0.05, 0.1) is 0 Å². The summed E-state index contributed by atoms with van der Waals surface area (Å²) >= 11 is 0. The molecule has 3 rings (SSSR count). The Balaban J connectivity index is 1.95. The quantitative estimate of drug-likeness (QED) is 0.848. The highest BCUT2D eigenvalue weighted by molar-refractivity contribution is 5.71. The fourth-order valence-corrected chi connectivity index (χ4v) is 3.11. The van der Waals surface area contributed by atoms with Crippen molar-refractivity contribution >= 4 is 11.2 Å². The lowest BCUT2D eigenvalue weighted by molar-refractivity contribution is 0.390. The second kappa shape index (κ2) is 4.93. The molecule has 0 amide bonds. The van der Waals surface area contributed by atoms with E-state index in [-0.39, 0.29) is 0 Å². The van der Waals surface area contributed by atoms with Gasteiger partial charge in [-0.25, -0.2) is 9.97 Å². The lowest BCUT2D eigenvalue weighted by atomic mass is 10.0. The lowest BCUT2D eigenvalue weighted by Crippen LogP contribution is -2.17. The van der Waals surface area contributed by atoms with Gasteiger partial charge in [0.2, 0.25) is 0 Å². The molecule has 0 saturated carbocycles. The van der Waals surface area contributed by atoms with Gasteiger partial charge < -0.3 is 9.47 Å². The molecule has 19 heavy (non-hydrogen) atoms. The minimum Gasteiger partial charge on any atom is -0.310 e.